The Morgan fingerprint density at radius 1 is 0.929 bits per heavy atom. The summed E-state index contributed by atoms with van der Waals surface area (Å²) in [5.41, 5.74) is 0.305. The smallest absolute Gasteiger partial charge is 0.255 e. The van der Waals surface area contributed by atoms with Crippen LogP contribution in [0.25, 0.3) is 10.8 Å². The summed E-state index contributed by atoms with van der Waals surface area (Å²) in [6.45, 7) is 1.40. The molecule has 2 fully saturated rings. The fourth-order valence-corrected chi connectivity index (χ4v) is 4.53. The highest BCUT2D eigenvalue weighted by atomic mass is 16.3. The number of amides is 2. The van der Waals surface area contributed by atoms with E-state index < -0.39 is 0 Å². The average Bonchev–Trinajstić information content (AvgIpc) is 2.74. The fraction of sp³-hybridized carbons (Fsp3) is 0.478. The largest absolute Gasteiger partial charge is 0.507 e. The molecule has 2 amide bonds. The fourth-order valence-electron chi connectivity index (χ4n) is 4.53. The standard InChI is InChI=1S/C23H28N2O3/c26-21-15-18-9-5-4-8-17(18)14-20(21)22(27)24-19-10-12-25(13-11-19)23(28)16-6-2-1-3-7-16/h4-5,8-9,14-16,19,26H,1-3,6-7,10-13H2,(H,24,27). The molecule has 5 nitrogen and oxygen atoms in total. The summed E-state index contributed by atoms with van der Waals surface area (Å²) in [5, 5.41) is 15.1. The maximum atomic E-state index is 12.7. The minimum atomic E-state index is -0.250. The lowest BCUT2D eigenvalue weighted by molar-refractivity contribution is -0.137. The number of rotatable bonds is 3. The van der Waals surface area contributed by atoms with Gasteiger partial charge in [0.1, 0.15) is 5.75 Å². The summed E-state index contributed by atoms with van der Waals surface area (Å²) >= 11 is 0. The number of nitrogens with zero attached hydrogens (tertiary/aromatic N) is 1. The van der Waals surface area contributed by atoms with Crippen LogP contribution < -0.4 is 5.32 Å². The first-order chi connectivity index (χ1) is 13.6. The summed E-state index contributed by atoms with van der Waals surface area (Å²) in [6.07, 6.45) is 7.15. The van der Waals surface area contributed by atoms with E-state index in [-0.39, 0.29) is 23.6 Å². The van der Waals surface area contributed by atoms with Crippen molar-refractivity contribution >= 4 is 22.6 Å². The molecular weight excluding hydrogens is 352 g/mol. The number of phenolic OH excluding ortho intramolecular Hbond substituents is 1. The van der Waals surface area contributed by atoms with E-state index in [9.17, 15) is 14.7 Å². The average molecular weight is 380 g/mol. The van der Waals surface area contributed by atoms with Gasteiger partial charge in [0.2, 0.25) is 5.91 Å². The van der Waals surface area contributed by atoms with Crippen molar-refractivity contribution in [3.05, 3.63) is 42.0 Å². The van der Waals surface area contributed by atoms with Gasteiger partial charge in [-0.1, -0.05) is 43.5 Å². The Hall–Kier alpha value is -2.56. The monoisotopic (exact) mass is 380 g/mol. The third kappa shape index (κ3) is 3.98. The molecule has 1 saturated carbocycles. The number of likely N-dealkylation sites (tertiary alicyclic amines) is 1. The molecule has 148 valence electrons. The van der Waals surface area contributed by atoms with Crippen molar-refractivity contribution in [3.8, 4) is 5.75 Å². The zero-order valence-electron chi connectivity index (χ0n) is 16.2. The van der Waals surface area contributed by atoms with Crippen LogP contribution >= 0.6 is 0 Å². The third-order valence-electron chi connectivity index (χ3n) is 6.20. The van der Waals surface area contributed by atoms with Gasteiger partial charge in [0, 0.05) is 25.0 Å². The van der Waals surface area contributed by atoms with Crippen molar-refractivity contribution in [2.24, 2.45) is 5.92 Å². The van der Waals surface area contributed by atoms with Gasteiger partial charge in [-0.15, -0.1) is 0 Å². The lowest BCUT2D eigenvalue weighted by Gasteiger charge is -2.35. The molecule has 0 bridgehead atoms. The normalized spacial score (nSPS) is 18.9. The number of hydrogen-bond donors (Lipinski definition) is 2. The van der Waals surface area contributed by atoms with Gasteiger partial charge >= 0.3 is 0 Å². The van der Waals surface area contributed by atoms with Crippen molar-refractivity contribution in [1.82, 2.24) is 10.2 Å². The molecule has 1 aliphatic heterocycles. The van der Waals surface area contributed by atoms with Gasteiger partial charge in [0.25, 0.3) is 5.91 Å². The van der Waals surface area contributed by atoms with E-state index in [0.717, 1.165) is 49.3 Å². The molecule has 0 unspecified atom stereocenters. The Labute approximate surface area is 165 Å². The molecule has 1 aliphatic carbocycles. The predicted molar refractivity (Wildman–Crippen MR) is 109 cm³/mol. The molecule has 5 heteroatoms. The second kappa shape index (κ2) is 8.21. The molecule has 0 spiro atoms. The number of hydrogen-bond acceptors (Lipinski definition) is 3. The number of carbonyl (C=O) groups excluding carboxylic acids is 2. The molecule has 0 atom stereocenters. The Morgan fingerprint density at radius 2 is 1.57 bits per heavy atom. The van der Waals surface area contributed by atoms with Crippen LogP contribution in [-0.2, 0) is 4.79 Å². The van der Waals surface area contributed by atoms with Crippen LogP contribution in [0.4, 0.5) is 0 Å². The highest BCUT2D eigenvalue weighted by Gasteiger charge is 2.29. The Bertz CT molecular complexity index is 865. The van der Waals surface area contributed by atoms with Crippen LogP contribution in [0.3, 0.4) is 0 Å². The van der Waals surface area contributed by atoms with E-state index in [1.165, 1.54) is 6.42 Å². The number of carbonyl (C=O) groups is 2. The molecule has 2 aromatic carbocycles. The summed E-state index contributed by atoms with van der Waals surface area (Å²) in [7, 11) is 0. The molecule has 2 aromatic rings. The van der Waals surface area contributed by atoms with E-state index >= 15 is 0 Å². The summed E-state index contributed by atoms with van der Waals surface area (Å²) in [4.78, 5) is 27.3. The highest BCUT2D eigenvalue weighted by molar-refractivity contribution is 6.01. The summed E-state index contributed by atoms with van der Waals surface area (Å²) in [5.74, 6) is 0.257. The lowest BCUT2D eigenvalue weighted by Crippen LogP contribution is -2.48. The molecule has 28 heavy (non-hydrogen) atoms. The van der Waals surface area contributed by atoms with Crippen molar-refractivity contribution in [3.63, 3.8) is 0 Å². The topological polar surface area (TPSA) is 69.6 Å². The lowest BCUT2D eigenvalue weighted by atomic mass is 9.87. The zero-order chi connectivity index (χ0) is 19.5. The van der Waals surface area contributed by atoms with E-state index in [2.05, 4.69) is 5.32 Å². The first-order valence-electron chi connectivity index (χ1n) is 10.4. The Morgan fingerprint density at radius 3 is 2.25 bits per heavy atom. The highest BCUT2D eigenvalue weighted by Crippen LogP contribution is 2.27. The molecular formula is C23H28N2O3. The molecule has 1 saturated heterocycles. The van der Waals surface area contributed by atoms with E-state index in [1.807, 2.05) is 29.2 Å². The first-order valence-corrected chi connectivity index (χ1v) is 10.4. The minimum Gasteiger partial charge on any atom is -0.507 e. The number of nitrogens with one attached hydrogen (secondary N) is 1. The predicted octanol–water partition coefficient (Wildman–Crippen LogP) is 3.85. The minimum absolute atomic E-state index is 0.00103. The number of piperidine rings is 1. The van der Waals surface area contributed by atoms with Crippen LogP contribution in [0.15, 0.2) is 36.4 Å². The van der Waals surface area contributed by atoms with Gasteiger partial charge < -0.3 is 15.3 Å². The number of phenols is 1. The van der Waals surface area contributed by atoms with E-state index in [0.29, 0.717) is 24.6 Å². The molecule has 0 radical (unpaired) electrons. The summed E-state index contributed by atoms with van der Waals surface area (Å²) in [6, 6.07) is 11.1. The van der Waals surface area contributed by atoms with Gasteiger partial charge in [-0.05, 0) is 48.6 Å². The maximum Gasteiger partial charge on any atom is 0.255 e. The van der Waals surface area contributed by atoms with Gasteiger partial charge in [0.15, 0.2) is 0 Å². The van der Waals surface area contributed by atoms with Crippen LogP contribution in [0, 0.1) is 5.92 Å². The third-order valence-corrected chi connectivity index (χ3v) is 6.20. The molecule has 2 aliphatic rings. The maximum absolute atomic E-state index is 12.7. The molecule has 0 aromatic heterocycles. The molecule has 4 rings (SSSR count). The first kappa shape index (κ1) is 18.8. The SMILES string of the molecule is O=C(NC1CCN(C(=O)C2CCCCC2)CC1)c1cc2ccccc2cc1O. The van der Waals surface area contributed by atoms with Crippen LogP contribution in [0.2, 0.25) is 0 Å². The second-order valence-electron chi connectivity index (χ2n) is 8.12. The Balaban J connectivity index is 1.35. The Kier molecular flexibility index (Phi) is 5.51. The van der Waals surface area contributed by atoms with Gasteiger partial charge in [-0.25, -0.2) is 0 Å². The number of aromatic hydroxyl groups is 1. The number of benzene rings is 2. The van der Waals surface area contributed by atoms with Gasteiger partial charge in [0.05, 0.1) is 5.56 Å². The van der Waals surface area contributed by atoms with Crippen molar-refractivity contribution in [2.45, 2.75) is 51.0 Å². The summed E-state index contributed by atoms with van der Waals surface area (Å²) < 4.78 is 0. The quantitative estimate of drug-likeness (QED) is 0.850. The van der Waals surface area contributed by atoms with Crippen LogP contribution in [-0.4, -0.2) is 41.0 Å². The van der Waals surface area contributed by atoms with E-state index in [4.69, 9.17) is 0 Å². The van der Waals surface area contributed by atoms with E-state index in [1.54, 1.807) is 12.1 Å². The van der Waals surface area contributed by atoms with Gasteiger partial charge in [-0.3, -0.25) is 9.59 Å². The zero-order valence-corrected chi connectivity index (χ0v) is 16.2. The van der Waals surface area contributed by atoms with Crippen molar-refractivity contribution in [1.29, 1.82) is 0 Å². The number of fused-ring (bicyclic) bond motifs is 1. The van der Waals surface area contributed by atoms with Gasteiger partial charge in [-0.2, -0.15) is 0 Å². The van der Waals surface area contributed by atoms with Crippen LogP contribution in [0.1, 0.15) is 55.3 Å². The van der Waals surface area contributed by atoms with Crippen molar-refractivity contribution < 1.29 is 14.7 Å². The second-order valence-corrected chi connectivity index (χ2v) is 8.12. The van der Waals surface area contributed by atoms with Crippen LogP contribution in [0.5, 0.6) is 5.75 Å². The van der Waals surface area contributed by atoms with Crippen molar-refractivity contribution in [2.75, 3.05) is 13.1 Å². The molecule has 2 N–H and O–H groups in total. The molecule has 1 heterocycles.